The van der Waals surface area contributed by atoms with Crippen LogP contribution in [0.1, 0.15) is 26.2 Å². The van der Waals surface area contributed by atoms with Crippen LogP contribution in [-0.4, -0.2) is 24.1 Å². The lowest BCUT2D eigenvalue weighted by Gasteiger charge is -2.34. The third kappa shape index (κ3) is 0.856. The third-order valence-electron chi connectivity index (χ3n) is 2.36. The van der Waals surface area contributed by atoms with Gasteiger partial charge in [-0.15, -0.1) is 0 Å². The first kappa shape index (κ1) is 6.58. The number of ether oxygens (including phenoxy) is 1. The van der Waals surface area contributed by atoms with Crippen LogP contribution < -0.4 is 0 Å². The van der Waals surface area contributed by atoms with E-state index >= 15 is 0 Å². The zero-order chi connectivity index (χ0) is 7.03. The zero-order valence-electron chi connectivity index (χ0n) is 6.30. The normalized spacial score (nSPS) is 41.7. The van der Waals surface area contributed by atoms with Crippen molar-refractivity contribution in [1.82, 2.24) is 5.06 Å². The van der Waals surface area contributed by atoms with Crippen LogP contribution in [0.2, 0.25) is 0 Å². The van der Waals surface area contributed by atoms with E-state index in [4.69, 9.17) is 9.57 Å². The lowest BCUT2D eigenvalue weighted by atomic mass is 10.0. The molecule has 10 heavy (non-hydrogen) atoms. The van der Waals surface area contributed by atoms with Crippen LogP contribution in [0.4, 0.5) is 0 Å². The van der Waals surface area contributed by atoms with Gasteiger partial charge >= 0.3 is 0 Å². The molecule has 2 aliphatic rings. The SMILES string of the molecule is CC12CCCCN1OCO2. The third-order valence-corrected chi connectivity index (χ3v) is 2.36. The van der Waals surface area contributed by atoms with Crippen molar-refractivity contribution >= 4 is 0 Å². The lowest BCUT2D eigenvalue weighted by molar-refractivity contribution is -0.185. The molecule has 0 aromatic rings. The van der Waals surface area contributed by atoms with Gasteiger partial charge in [0.25, 0.3) is 0 Å². The minimum absolute atomic E-state index is 0.0990. The average molecular weight is 143 g/mol. The molecule has 0 aliphatic carbocycles. The Kier molecular flexibility index (Phi) is 1.44. The van der Waals surface area contributed by atoms with Crippen LogP contribution in [0, 0.1) is 0 Å². The predicted octanol–water partition coefficient (Wildman–Crippen LogP) is 1.11. The molecule has 0 spiro atoms. The number of piperidine rings is 1. The van der Waals surface area contributed by atoms with E-state index in [9.17, 15) is 0 Å². The Bertz CT molecular complexity index is 140. The number of fused-ring (bicyclic) bond motifs is 1. The molecule has 0 N–H and O–H groups in total. The van der Waals surface area contributed by atoms with Crippen molar-refractivity contribution in [2.75, 3.05) is 13.3 Å². The summed E-state index contributed by atoms with van der Waals surface area (Å²) in [4.78, 5) is 5.27. The van der Waals surface area contributed by atoms with Crippen LogP contribution >= 0.6 is 0 Å². The standard InChI is InChI=1S/C7H13NO2/c1-7-4-2-3-5-8(7)10-6-9-7/h2-6H2,1H3. The highest BCUT2D eigenvalue weighted by molar-refractivity contribution is 4.78. The summed E-state index contributed by atoms with van der Waals surface area (Å²) in [5.41, 5.74) is -0.0990. The van der Waals surface area contributed by atoms with E-state index in [-0.39, 0.29) is 5.72 Å². The minimum Gasteiger partial charge on any atom is -0.331 e. The summed E-state index contributed by atoms with van der Waals surface area (Å²) in [7, 11) is 0. The van der Waals surface area contributed by atoms with Crippen molar-refractivity contribution in [3.05, 3.63) is 0 Å². The van der Waals surface area contributed by atoms with Crippen LogP contribution in [0.25, 0.3) is 0 Å². The first-order valence-electron chi connectivity index (χ1n) is 3.86. The second-order valence-corrected chi connectivity index (χ2v) is 3.13. The fourth-order valence-electron chi connectivity index (χ4n) is 1.63. The van der Waals surface area contributed by atoms with Crippen molar-refractivity contribution in [2.45, 2.75) is 31.9 Å². The van der Waals surface area contributed by atoms with Crippen LogP contribution in [0.3, 0.4) is 0 Å². The minimum atomic E-state index is -0.0990. The van der Waals surface area contributed by atoms with E-state index in [0.29, 0.717) is 6.79 Å². The van der Waals surface area contributed by atoms with Crippen molar-refractivity contribution in [2.24, 2.45) is 0 Å². The molecule has 0 saturated carbocycles. The maximum atomic E-state index is 5.45. The molecule has 0 amide bonds. The smallest absolute Gasteiger partial charge is 0.169 e. The quantitative estimate of drug-likeness (QED) is 0.507. The Balaban J connectivity index is 2.10. The van der Waals surface area contributed by atoms with Gasteiger partial charge in [-0.05, 0) is 26.2 Å². The van der Waals surface area contributed by atoms with Gasteiger partial charge in [0.2, 0.25) is 0 Å². The Hall–Kier alpha value is -0.120. The molecule has 2 heterocycles. The summed E-state index contributed by atoms with van der Waals surface area (Å²) in [6, 6.07) is 0. The van der Waals surface area contributed by atoms with Crippen LogP contribution in [0.15, 0.2) is 0 Å². The molecule has 2 saturated heterocycles. The van der Waals surface area contributed by atoms with Gasteiger partial charge < -0.3 is 4.74 Å². The van der Waals surface area contributed by atoms with Gasteiger partial charge in [0, 0.05) is 6.54 Å². The van der Waals surface area contributed by atoms with Gasteiger partial charge in [-0.2, -0.15) is 5.06 Å². The summed E-state index contributed by atoms with van der Waals surface area (Å²) in [5, 5.41) is 1.97. The van der Waals surface area contributed by atoms with Gasteiger partial charge in [-0.25, -0.2) is 0 Å². The number of rotatable bonds is 0. The Morgan fingerprint density at radius 1 is 1.40 bits per heavy atom. The van der Waals surface area contributed by atoms with E-state index in [1.165, 1.54) is 12.8 Å². The molecule has 1 unspecified atom stereocenters. The molecule has 3 heteroatoms. The molecule has 2 rings (SSSR count). The van der Waals surface area contributed by atoms with Crippen molar-refractivity contribution < 1.29 is 9.57 Å². The Morgan fingerprint density at radius 2 is 2.30 bits per heavy atom. The van der Waals surface area contributed by atoms with Gasteiger partial charge in [0.05, 0.1) is 0 Å². The second-order valence-electron chi connectivity index (χ2n) is 3.13. The second kappa shape index (κ2) is 2.19. The molecule has 3 nitrogen and oxygen atoms in total. The number of hydrogen-bond acceptors (Lipinski definition) is 3. The Labute approximate surface area is 60.9 Å². The summed E-state index contributed by atoms with van der Waals surface area (Å²) in [6.45, 7) is 3.56. The van der Waals surface area contributed by atoms with Crippen molar-refractivity contribution in [1.29, 1.82) is 0 Å². The van der Waals surface area contributed by atoms with E-state index in [2.05, 4.69) is 6.92 Å². The predicted molar refractivity (Wildman–Crippen MR) is 36.0 cm³/mol. The fourth-order valence-corrected chi connectivity index (χ4v) is 1.63. The first-order chi connectivity index (χ1) is 4.81. The van der Waals surface area contributed by atoms with E-state index < -0.39 is 0 Å². The molecule has 0 radical (unpaired) electrons. The zero-order valence-corrected chi connectivity index (χ0v) is 6.30. The maximum absolute atomic E-state index is 5.45. The van der Waals surface area contributed by atoms with Gasteiger partial charge in [0.15, 0.2) is 6.79 Å². The summed E-state index contributed by atoms with van der Waals surface area (Å²) < 4.78 is 5.45. The van der Waals surface area contributed by atoms with Crippen molar-refractivity contribution in [3.8, 4) is 0 Å². The van der Waals surface area contributed by atoms with Gasteiger partial charge in [-0.1, -0.05) is 0 Å². The van der Waals surface area contributed by atoms with Crippen LogP contribution in [0.5, 0.6) is 0 Å². The molecule has 0 bridgehead atoms. The monoisotopic (exact) mass is 143 g/mol. The topological polar surface area (TPSA) is 21.7 Å². The summed E-state index contributed by atoms with van der Waals surface area (Å²) in [5.74, 6) is 0. The molecule has 0 aromatic heterocycles. The lowest BCUT2D eigenvalue weighted by Crippen LogP contribution is -2.44. The molecule has 2 aliphatic heterocycles. The molecule has 2 fully saturated rings. The van der Waals surface area contributed by atoms with Crippen LogP contribution in [-0.2, 0) is 9.57 Å². The molecule has 58 valence electrons. The van der Waals surface area contributed by atoms with E-state index in [1.54, 1.807) is 0 Å². The summed E-state index contributed by atoms with van der Waals surface area (Å²) in [6.07, 6.45) is 3.60. The molecular formula is C7H13NO2. The number of hydrogen-bond donors (Lipinski definition) is 0. The fraction of sp³-hybridized carbons (Fsp3) is 1.00. The van der Waals surface area contributed by atoms with Gasteiger partial charge in [-0.3, -0.25) is 4.84 Å². The number of nitrogens with zero attached hydrogens (tertiary/aromatic N) is 1. The highest BCUT2D eigenvalue weighted by atomic mass is 16.9. The maximum Gasteiger partial charge on any atom is 0.169 e. The molecule has 0 aromatic carbocycles. The van der Waals surface area contributed by atoms with Crippen molar-refractivity contribution in [3.63, 3.8) is 0 Å². The van der Waals surface area contributed by atoms with E-state index in [1.807, 2.05) is 5.06 Å². The Morgan fingerprint density at radius 3 is 3.10 bits per heavy atom. The largest absolute Gasteiger partial charge is 0.331 e. The average Bonchev–Trinajstić information content (AvgIpc) is 2.29. The highest BCUT2D eigenvalue weighted by Crippen LogP contribution is 2.32. The first-order valence-corrected chi connectivity index (χ1v) is 3.86. The van der Waals surface area contributed by atoms with Gasteiger partial charge in [0.1, 0.15) is 5.72 Å². The number of hydroxylamine groups is 2. The molecule has 1 atom stereocenters. The highest BCUT2D eigenvalue weighted by Gasteiger charge is 2.40. The van der Waals surface area contributed by atoms with E-state index in [0.717, 1.165) is 13.0 Å². The molecular weight excluding hydrogens is 130 g/mol. The summed E-state index contributed by atoms with van der Waals surface area (Å²) >= 11 is 0.